The Kier molecular flexibility index (Phi) is 6.50. The van der Waals surface area contributed by atoms with Crippen molar-refractivity contribution in [1.82, 2.24) is 5.32 Å². The van der Waals surface area contributed by atoms with Crippen LogP contribution in [0.25, 0.3) is 0 Å². The number of hydrogen-bond acceptors (Lipinski definition) is 2. The first kappa shape index (κ1) is 15.6. The van der Waals surface area contributed by atoms with Gasteiger partial charge in [0.2, 0.25) is 5.91 Å². The Balaban J connectivity index is 2.63. The van der Waals surface area contributed by atoms with E-state index in [4.69, 9.17) is 4.74 Å². The van der Waals surface area contributed by atoms with Crippen LogP contribution in [-0.2, 0) is 9.53 Å². The maximum absolute atomic E-state index is 12.9. The van der Waals surface area contributed by atoms with Gasteiger partial charge in [0.15, 0.2) is 0 Å². The fourth-order valence-electron chi connectivity index (χ4n) is 2.01. The summed E-state index contributed by atoms with van der Waals surface area (Å²) in [5.41, 5.74) is 0.998. The quantitative estimate of drug-likeness (QED) is 0.771. The number of hydrogen-bond donors (Lipinski definition) is 1. The van der Waals surface area contributed by atoms with Crippen molar-refractivity contribution in [2.24, 2.45) is 5.92 Å². The molecule has 4 heteroatoms. The number of rotatable bonds is 7. The van der Waals surface area contributed by atoms with Crippen molar-refractivity contribution in [3.8, 4) is 0 Å². The number of carbonyl (C=O) groups is 1. The van der Waals surface area contributed by atoms with Crippen molar-refractivity contribution in [3.63, 3.8) is 0 Å². The monoisotopic (exact) mass is 267 g/mol. The topological polar surface area (TPSA) is 38.3 Å². The molecule has 1 aromatic carbocycles. The second-order valence-electron chi connectivity index (χ2n) is 4.95. The van der Waals surface area contributed by atoms with Gasteiger partial charge in [0.05, 0.1) is 6.61 Å². The van der Waals surface area contributed by atoms with Gasteiger partial charge in [0.25, 0.3) is 0 Å². The van der Waals surface area contributed by atoms with Crippen molar-refractivity contribution in [3.05, 3.63) is 35.6 Å². The molecule has 0 saturated carbocycles. The van der Waals surface area contributed by atoms with Crippen LogP contribution < -0.4 is 5.32 Å². The number of ether oxygens (including phenoxy) is 1. The molecule has 0 radical (unpaired) electrons. The SMILES string of the molecule is COCCNC(=O)CC(c1ccc(F)cc1)C(C)C. The minimum absolute atomic E-state index is 0.0000694. The lowest BCUT2D eigenvalue weighted by molar-refractivity contribution is -0.121. The largest absolute Gasteiger partial charge is 0.383 e. The first-order valence-corrected chi connectivity index (χ1v) is 6.55. The van der Waals surface area contributed by atoms with Gasteiger partial charge in [-0.2, -0.15) is 0 Å². The van der Waals surface area contributed by atoms with Crippen LogP contribution in [0.1, 0.15) is 31.7 Å². The molecule has 0 spiro atoms. The van der Waals surface area contributed by atoms with Gasteiger partial charge in [0, 0.05) is 20.1 Å². The molecule has 3 nitrogen and oxygen atoms in total. The predicted octanol–water partition coefficient (Wildman–Crippen LogP) is 2.72. The van der Waals surface area contributed by atoms with Crippen LogP contribution >= 0.6 is 0 Å². The van der Waals surface area contributed by atoms with Gasteiger partial charge in [-0.25, -0.2) is 4.39 Å². The molecular weight excluding hydrogens is 245 g/mol. The maximum atomic E-state index is 12.9. The highest BCUT2D eigenvalue weighted by atomic mass is 19.1. The van der Waals surface area contributed by atoms with Gasteiger partial charge in [-0.05, 0) is 29.5 Å². The minimum Gasteiger partial charge on any atom is -0.383 e. The van der Waals surface area contributed by atoms with Crippen molar-refractivity contribution in [2.75, 3.05) is 20.3 Å². The molecule has 0 aliphatic rings. The molecule has 1 aromatic rings. The smallest absolute Gasteiger partial charge is 0.220 e. The predicted molar refractivity (Wildman–Crippen MR) is 73.5 cm³/mol. The average Bonchev–Trinajstić information content (AvgIpc) is 2.37. The molecule has 1 rings (SSSR count). The van der Waals surface area contributed by atoms with E-state index in [9.17, 15) is 9.18 Å². The highest BCUT2D eigenvalue weighted by molar-refractivity contribution is 5.76. The Morgan fingerprint density at radius 3 is 2.47 bits per heavy atom. The third-order valence-corrected chi connectivity index (χ3v) is 3.14. The third kappa shape index (κ3) is 5.39. The van der Waals surface area contributed by atoms with E-state index in [1.165, 1.54) is 12.1 Å². The molecule has 0 heterocycles. The van der Waals surface area contributed by atoms with Crippen molar-refractivity contribution in [2.45, 2.75) is 26.2 Å². The average molecular weight is 267 g/mol. The Bertz CT molecular complexity index is 390. The summed E-state index contributed by atoms with van der Waals surface area (Å²) in [7, 11) is 1.60. The summed E-state index contributed by atoms with van der Waals surface area (Å²) >= 11 is 0. The van der Waals surface area contributed by atoms with Gasteiger partial charge >= 0.3 is 0 Å². The molecule has 0 fully saturated rings. The normalized spacial score (nSPS) is 12.5. The lowest BCUT2D eigenvalue weighted by Gasteiger charge is -2.21. The molecule has 0 saturated heterocycles. The van der Waals surface area contributed by atoms with Gasteiger partial charge in [-0.15, -0.1) is 0 Å². The van der Waals surface area contributed by atoms with Crippen LogP contribution in [0.4, 0.5) is 4.39 Å². The Morgan fingerprint density at radius 1 is 1.32 bits per heavy atom. The number of nitrogens with one attached hydrogen (secondary N) is 1. The van der Waals surface area contributed by atoms with E-state index in [0.717, 1.165) is 5.56 Å². The lowest BCUT2D eigenvalue weighted by atomic mass is 9.85. The van der Waals surface area contributed by atoms with E-state index < -0.39 is 0 Å². The van der Waals surface area contributed by atoms with Crippen molar-refractivity contribution < 1.29 is 13.9 Å². The summed E-state index contributed by atoms with van der Waals surface area (Å²) in [5.74, 6) is 0.164. The van der Waals surface area contributed by atoms with Crippen LogP contribution in [-0.4, -0.2) is 26.2 Å². The number of halogens is 1. The standard InChI is InChI=1S/C15H22FNO2/c1-11(2)14(10-15(18)17-8-9-19-3)12-4-6-13(16)7-5-12/h4-7,11,14H,8-10H2,1-3H3,(H,17,18). The second kappa shape index (κ2) is 7.89. The molecule has 106 valence electrons. The Morgan fingerprint density at radius 2 is 1.95 bits per heavy atom. The maximum Gasteiger partial charge on any atom is 0.220 e. The molecule has 1 amide bonds. The number of carbonyl (C=O) groups excluding carboxylic acids is 1. The van der Waals surface area contributed by atoms with Gasteiger partial charge < -0.3 is 10.1 Å². The number of methoxy groups -OCH3 is 1. The minimum atomic E-state index is -0.254. The summed E-state index contributed by atoms with van der Waals surface area (Å²) in [6.45, 7) is 5.16. The molecule has 1 unspecified atom stereocenters. The molecule has 0 aliphatic carbocycles. The van der Waals surface area contributed by atoms with Gasteiger partial charge in [0.1, 0.15) is 5.82 Å². The Hall–Kier alpha value is -1.42. The molecule has 19 heavy (non-hydrogen) atoms. The van der Waals surface area contributed by atoms with Crippen molar-refractivity contribution >= 4 is 5.91 Å². The summed E-state index contributed by atoms with van der Waals surface area (Å²) in [6.07, 6.45) is 0.410. The van der Waals surface area contributed by atoms with E-state index in [-0.39, 0.29) is 17.6 Å². The molecule has 0 bridgehead atoms. The zero-order chi connectivity index (χ0) is 14.3. The second-order valence-corrected chi connectivity index (χ2v) is 4.95. The van der Waals surface area contributed by atoms with Gasteiger partial charge in [-0.1, -0.05) is 26.0 Å². The molecule has 0 aliphatic heterocycles. The highest BCUT2D eigenvalue weighted by Crippen LogP contribution is 2.27. The van der Waals surface area contributed by atoms with E-state index in [1.807, 2.05) is 0 Å². The fraction of sp³-hybridized carbons (Fsp3) is 0.533. The molecule has 1 atom stereocenters. The summed E-state index contributed by atoms with van der Waals surface area (Å²) in [4.78, 5) is 11.8. The van der Waals surface area contributed by atoms with Crippen LogP contribution in [0.2, 0.25) is 0 Å². The molecular formula is C15H22FNO2. The first-order valence-electron chi connectivity index (χ1n) is 6.55. The highest BCUT2D eigenvalue weighted by Gasteiger charge is 2.19. The summed E-state index contributed by atoms with van der Waals surface area (Å²) in [6, 6.07) is 6.38. The van der Waals surface area contributed by atoms with E-state index in [0.29, 0.717) is 25.5 Å². The summed E-state index contributed by atoms with van der Waals surface area (Å²) < 4.78 is 17.8. The van der Waals surface area contributed by atoms with Crippen LogP contribution in [0.3, 0.4) is 0 Å². The Labute approximate surface area is 114 Å². The van der Waals surface area contributed by atoms with Crippen LogP contribution in [0.15, 0.2) is 24.3 Å². The molecule has 0 aromatic heterocycles. The molecule has 1 N–H and O–H groups in total. The van der Waals surface area contributed by atoms with E-state index in [1.54, 1.807) is 19.2 Å². The number of amides is 1. The van der Waals surface area contributed by atoms with Crippen LogP contribution in [0, 0.1) is 11.7 Å². The van der Waals surface area contributed by atoms with E-state index >= 15 is 0 Å². The first-order chi connectivity index (χ1) is 9.04. The van der Waals surface area contributed by atoms with Crippen LogP contribution in [0.5, 0.6) is 0 Å². The number of benzene rings is 1. The fourth-order valence-corrected chi connectivity index (χ4v) is 2.01. The summed E-state index contributed by atoms with van der Waals surface area (Å²) in [5, 5.41) is 2.81. The zero-order valence-electron chi connectivity index (χ0n) is 11.8. The lowest BCUT2D eigenvalue weighted by Crippen LogP contribution is -2.29. The van der Waals surface area contributed by atoms with E-state index in [2.05, 4.69) is 19.2 Å². The van der Waals surface area contributed by atoms with Crippen molar-refractivity contribution in [1.29, 1.82) is 0 Å². The van der Waals surface area contributed by atoms with Gasteiger partial charge in [-0.3, -0.25) is 4.79 Å². The third-order valence-electron chi connectivity index (χ3n) is 3.14. The zero-order valence-corrected chi connectivity index (χ0v) is 11.8.